The molecular weight excluding hydrogens is 310 g/mol. The van der Waals surface area contributed by atoms with Crippen LogP contribution in [-0.4, -0.2) is 4.98 Å². The summed E-state index contributed by atoms with van der Waals surface area (Å²) in [5, 5.41) is 0. The Kier molecular flexibility index (Phi) is 2.43. The molecule has 2 rings (SSSR count). The Bertz CT molecular complexity index is 321. The molecule has 1 heterocycles. The number of hydrogen-bond acceptors (Lipinski definition) is 1. The fraction of sp³-hybridized carbons (Fsp3) is 0.125. The molecule has 0 saturated carbocycles. The van der Waals surface area contributed by atoms with Gasteiger partial charge in [0, 0.05) is 20.4 Å². The molecule has 1 aromatic carbocycles. The van der Waals surface area contributed by atoms with E-state index in [2.05, 4.69) is 9.97 Å². The third-order valence-electron chi connectivity index (χ3n) is 1.45. The molecule has 0 N–H and O–H groups in total. The van der Waals surface area contributed by atoms with Crippen LogP contribution in [0.2, 0.25) is 0 Å². The van der Waals surface area contributed by atoms with Crippen LogP contribution >= 0.6 is 0 Å². The van der Waals surface area contributed by atoms with Crippen LogP contribution in [0, 0.1) is 6.92 Å². The van der Waals surface area contributed by atoms with Gasteiger partial charge in [-0.3, -0.25) is 0 Å². The van der Waals surface area contributed by atoms with E-state index in [1.807, 2.05) is 31.2 Å². The van der Waals surface area contributed by atoms with Crippen molar-refractivity contribution >= 4 is 11.0 Å². The molecule has 0 aliphatic carbocycles. The zero-order valence-corrected chi connectivity index (χ0v) is 8.80. The van der Waals surface area contributed by atoms with Gasteiger partial charge in [0.1, 0.15) is 0 Å². The third kappa shape index (κ3) is 1.50. The quantitative estimate of drug-likeness (QED) is 0.736. The van der Waals surface area contributed by atoms with Gasteiger partial charge in [-0.15, -0.1) is 0 Å². The Labute approximate surface area is 78.7 Å². The molecule has 11 heavy (non-hydrogen) atoms. The minimum atomic E-state index is 0. The second kappa shape index (κ2) is 3.17. The SMILES string of the molecule is Cc1nc2ccccc2[n-]1.[Re]. The molecule has 1 radical (unpaired) electrons. The summed E-state index contributed by atoms with van der Waals surface area (Å²) in [4.78, 5) is 8.40. The number of rotatable bonds is 0. The molecule has 0 aliphatic heterocycles. The number of aryl methyl sites for hydroxylation is 1. The van der Waals surface area contributed by atoms with Gasteiger partial charge in [0.05, 0.1) is 0 Å². The Hall–Kier alpha value is -0.648. The molecule has 0 aliphatic rings. The Morgan fingerprint density at radius 2 is 2.00 bits per heavy atom. The molecule has 1 aromatic heterocycles. The van der Waals surface area contributed by atoms with E-state index in [0.29, 0.717) is 0 Å². The van der Waals surface area contributed by atoms with Crippen LogP contribution < -0.4 is 4.98 Å². The molecule has 3 heteroatoms. The van der Waals surface area contributed by atoms with Crippen molar-refractivity contribution in [3.8, 4) is 0 Å². The van der Waals surface area contributed by atoms with E-state index < -0.39 is 0 Å². The summed E-state index contributed by atoms with van der Waals surface area (Å²) in [6.07, 6.45) is 0. The fourth-order valence-electron chi connectivity index (χ4n) is 1.03. The van der Waals surface area contributed by atoms with Crippen LogP contribution in [0.4, 0.5) is 0 Å². The van der Waals surface area contributed by atoms with E-state index in [-0.39, 0.29) is 20.4 Å². The van der Waals surface area contributed by atoms with Crippen LogP contribution in [0.15, 0.2) is 24.3 Å². The number of benzene rings is 1. The maximum atomic E-state index is 4.20. The second-order valence-electron chi connectivity index (χ2n) is 2.26. The second-order valence-corrected chi connectivity index (χ2v) is 2.26. The van der Waals surface area contributed by atoms with Crippen molar-refractivity contribution in [1.29, 1.82) is 0 Å². The van der Waals surface area contributed by atoms with E-state index in [1.54, 1.807) is 0 Å². The largest absolute Gasteiger partial charge is 0.440 e. The molecular formula is C8H7N2Re-. The minimum Gasteiger partial charge on any atom is -0.440 e. The Morgan fingerprint density at radius 3 is 2.73 bits per heavy atom. The predicted octanol–water partition coefficient (Wildman–Crippen LogP) is 1.50. The molecule has 0 saturated heterocycles. The van der Waals surface area contributed by atoms with E-state index in [0.717, 1.165) is 16.9 Å². The topological polar surface area (TPSA) is 27.0 Å². The van der Waals surface area contributed by atoms with Gasteiger partial charge in [-0.05, 0) is 18.0 Å². The van der Waals surface area contributed by atoms with Crippen molar-refractivity contribution in [2.24, 2.45) is 0 Å². The van der Waals surface area contributed by atoms with Crippen molar-refractivity contribution in [1.82, 2.24) is 9.97 Å². The van der Waals surface area contributed by atoms with Gasteiger partial charge in [0.2, 0.25) is 0 Å². The van der Waals surface area contributed by atoms with E-state index >= 15 is 0 Å². The predicted molar refractivity (Wildman–Crippen MR) is 39.8 cm³/mol. The van der Waals surface area contributed by atoms with Gasteiger partial charge in [0.25, 0.3) is 0 Å². The first-order chi connectivity index (χ1) is 4.86. The van der Waals surface area contributed by atoms with Gasteiger partial charge in [0.15, 0.2) is 0 Å². The van der Waals surface area contributed by atoms with Gasteiger partial charge < -0.3 is 9.97 Å². The Balaban J connectivity index is 0.000000605. The van der Waals surface area contributed by atoms with Crippen molar-refractivity contribution in [3.63, 3.8) is 0 Å². The summed E-state index contributed by atoms with van der Waals surface area (Å²) in [5.74, 6) is 0.848. The summed E-state index contributed by atoms with van der Waals surface area (Å²) >= 11 is 0. The summed E-state index contributed by atoms with van der Waals surface area (Å²) < 4.78 is 0. The van der Waals surface area contributed by atoms with Crippen molar-refractivity contribution in [3.05, 3.63) is 30.1 Å². The standard InChI is InChI=1S/C8H7N2.Re/c1-6-9-7-4-2-3-5-8(7)10-6;/h2-5H,1H3;/q-1;. The minimum absolute atomic E-state index is 0. The number of para-hydroxylation sites is 2. The summed E-state index contributed by atoms with van der Waals surface area (Å²) in [6.45, 7) is 1.90. The number of nitrogens with zero attached hydrogens (tertiary/aromatic N) is 2. The van der Waals surface area contributed by atoms with Gasteiger partial charge in [-0.25, -0.2) is 0 Å². The molecule has 0 atom stereocenters. The average Bonchev–Trinajstić information content (AvgIpc) is 2.27. The van der Waals surface area contributed by atoms with E-state index in [9.17, 15) is 0 Å². The summed E-state index contributed by atoms with van der Waals surface area (Å²) in [7, 11) is 0. The summed E-state index contributed by atoms with van der Waals surface area (Å²) in [6, 6.07) is 7.87. The van der Waals surface area contributed by atoms with Crippen LogP contribution in [0.5, 0.6) is 0 Å². The smallest absolute Gasteiger partial charge is 0 e. The number of imidazole rings is 1. The van der Waals surface area contributed by atoms with E-state index in [1.165, 1.54) is 0 Å². The van der Waals surface area contributed by atoms with Gasteiger partial charge in [-0.2, -0.15) is 0 Å². The Morgan fingerprint density at radius 1 is 1.27 bits per heavy atom. The van der Waals surface area contributed by atoms with Crippen LogP contribution in [0.25, 0.3) is 11.0 Å². The molecule has 0 amide bonds. The molecule has 0 bridgehead atoms. The van der Waals surface area contributed by atoms with Crippen LogP contribution in [0.1, 0.15) is 5.82 Å². The fourth-order valence-corrected chi connectivity index (χ4v) is 1.03. The zero-order valence-electron chi connectivity index (χ0n) is 6.08. The number of aromatic nitrogens is 2. The number of fused-ring (bicyclic) bond motifs is 1. The zero-order chi connectivity index (χ0) is 6.97. The van der Waals surface area contributed by atoms with Gasteiger partial charge >= 0.3 is 0 Å². The molecule has 2 nitrogen and oxygen atoms in total. The molecule has 57 valence electrons. The van der Waals surface area contributed by atoms with Crippen molar-refractivity contribution in [2.45, 2.75) is 6.92 Å². The number of hydrogen-bond donors (Lipinski definition) is 0. The van der Waals surface area contributed by atoms with E-state index in [4.69, 9.17) is 0 Å². The third-order valence-corrected chi connectivity index (χ3v) is 1.45. The molecule has 0 fully saturated rings. The normalized spacial score (nSPS) is 9.55. The average molecular weight is 317 g/mol. The van der Waals surface area contributed by atoms with Crippen molar-refractivity contribution in [2.75, 3.05) is 0 Å². The first-order valence-electron chi connectivity index (χ1n) is 3.22. The molecule has 0 spiro atoms. The summed E-state index contributed by atoms with van der Waals surface area (Å²) in [5.41, 5.74) is 1.97. The molecule has 2 aromatic rings. The maximum absolute atomic E-state index is 4.20. The van der Waals surface area contributed by atoms with Crippen LogP contribution in [0.3, 0.4) is 0 Å². The van der Waals surface area contributed by atoms with Gasteiger partial charge in [-0.1, -0.05) is 30.1 Å². The maximum Gasteiger partial charge on any atom is 0 e. The first kappa shape index (κ1) is 8.45. The molecule has 0 unspecified atom stereocenters. The monoisotopic (exact) mass is 318 g/mol. The van der Waals surface area contributed by atoms with Crippen LogP contribution in [-0.2, 0) is 20.4 Å². The first-order valence-corrected chi connectivity index (χ1v) is 3.22. The van der Waals surface area contributed by atoms with Crippen molar-refractivity contribution < 1.29 is 20.4 Å².